The predicted molar refractivity (Wildman–Crippen MR) is 182 cm³/mol. The third-order valence-electron chi connectivity index (χ3n) is 8.55. The van der Waals surface area contributed by atoms with Gasteiger partial charge >= 0.3 is 0 Å². The minimum atomic E-state index is 1.17. The highest BCUT2D eigenvalue weighted by molar-refractivity contribution is 7.27. The molecule has 196 valence electrons. The molecule has 0 radical (unpaired) electrons. The molecule has 0 N–H and O–H groups in total. The van der Waals surface area contributed by atoms with Crippen molar-refractivity contribution in [2.24, 2.45) is 0 Å². The second-order valence-corrected chi connectivity index (χ2v) is 12.0. The van der Waals surface area contributed by atoms with Crippen molar-refractivity contribution in [1.29, 1.82) is 0 Å². The summed E-state index contributed by atoms with van der Waals surface area (Å²) in [7, 11) is 0. The Morgan fingerprint density at radius 3 is 1.79 bits per heavy atom. The third-order valence-corrected chi connectivity index (χ3v) is 9.76. The number of aromatic nitrogens is 1. The van der Waals surface area contributed by atoms with Crippen LogP contribution in [0.5, 0.6) is 0 Å². The number of para-hydroxylation sites is 1. The molecule has 0 bridgehead atoms. The topological polar surface area (TPSA) is 4.93 Å². The summed E-state index contributed by atoms with van der Waals surface area (Å²) < 4.78 is 5.16. The van der Waals surface area contributed by atoms with Crippen LogP contribution < -0.4 is 0 Å². The maximum absolute atomic E-state index is 2.47. The van der Waals surface area contributed by atoms with Crippen LogP contribution >= 0.6 is 11.3 Å². The average molecular weight is 552 g/mol. The van der Waals surface area contributed by atoms with Crippen molar-refractivity contribution in [3.05, 3.63) is 152 Å². The Hall–Kier alpha value is -5.18. The molecule has 0 atom stereocenters. The molecule has 0 amide bonds. The molecular formula is C40H25NS. The van der Waals surface area contributed by atoms with E-state index in [4.69, 9.17) is 0 Å². The molecule has 2 heterocycles. The quantitative estimate of drug-likeness (QED) is 0.206. The second kappa shape index (κ2) is 9.17. The van der Waals surface area contributed by atoms with Gasteiger partial charge in [-0.25, -0.2) is 0 Å². The fourth-order valence-electron chi connectivity index (χ4n) is 6.67. The first-order valence-electron chi connectivity index (χ1n) is 14.4. The van der Waals surface area contributed by atoms with E-state index in [0.717, 1.165) is 0 Å². The van der Waals surface area contributed by atoms with Gasteiger partial charge in [0, 0.05) is 36.6 Å². The summed E-state index contributed by atoms with van der Waals surface area (Å²) in [5.41, 5.74) is 8.50. The van der Waals surface area contributed by atoms with Gasteiger partial charge in [-0.05, 0) is 69.4 Å². The Labute approximate surface area is 247 Å². The SMILES string of the molecule is c1ccc(-c2cc(-c3ccccc3)cc(-n3c4ccccc4c4c5c(ccc43)sc3c4ccccc4ccc35)c2)cc1. The molecule has 7 aromatic carbocycles. The number of thiophene rings is 1. The van der Waals surface area contributed by atoms with Crippen molar-refractivity contribution < 1.29 is 0 Å². The first kappa shape index (κ1) is 23.5. The predicted octanol–water partition coefficient (Wildman–Crippen LogP) is 11.6. The van der Waals surface area contributed by atoms with Gasteiger partial charge in [0.15, 0.2) is 0 Å². The van der Waals surface area contributed by atoms with E-state index in [1.165, 1.54) is 80.7 Å². The Morgan fingerprint density at radius 1 is 0.405 bits per heavy atom. The zero-order valence-corrected chi connectivity index (χ0v) is 23.6. The lowest BCUT2D eigenvalue weighted by Crippen LogP contribution is -1.96. The van der Waals surface area contributed by atoms with Gasteiger partial charge in [0.2, 0.25) is 0 Å². The number of rotatable bonds is 3. The molecule has 0 aliphatic rings. The van der Waals surface area contributed by atoms with Crippen LogP contribution in [0, 0.1) is 0 Å². The first-order chi connectivity index (χ1) is 20.8. The minimum Gasteiger partial charge on any atom is -0.309 e. The lowest BCUT2D eigenvalue weighted by Gasteiger charge is -2.14. The fraction of sp³-hybridized carbons (Fsp3) is 0. The summed E-state index contributed by atoms with van der Waals surface area (Å²) in [5, 5.41) is 7.94. The van der Waals surface area contributed by atoms with E-state index < -0.39 is 0 Å². The average Bonchev–Trinajstić information content (AvgIpc) is 3.61. The largest absolute Gasteiger partial charge is 0.309 e. The van der Waals surface area contributed by atoms with Crippen LogP contribution in [-0.4, -0.2) is 4.57 Å². The Bertz CT molecular complexity index is 2390. The van der Waals surface area contributed by atoms with E-state index in [1.807, 2.05) is 11.3 Å². The number of nitrogens with zero attached hydrogens (tertiary/aromatic N) is 1. The summed E-state index contributed by atoms with van der Waals surface area (Å²) in [6, 6.07) is 55.3. The van der Waals surface area contributed by atoms with Crippen molar-refractivity contribution in [1.82, 2.24) is 4.57 Å². The van der Waals surface area contributed by atoms with E-state index in [0.29, 0.717) is 0 Å². The number of fused-ring (bicyclic) bond motifs is 9. The van der Waals surface area contributed by atoms with Gasteiger partial charge in [-0.2, -0.15) is 0 Å². The highest BCUT2D eigenvalue weighted by atomic mass is 32.1. The number of hydrogen-bond acceptors (Lipinski definition) is 1. The number of hydrogen-bond donors (Lipinski definition) is 0. The van der Waals surface area contributed by atoms with Crippen molar-refractivity contribution >= 4 is 64.1 Å². The summed E-state index contributed by atoms with van der Waals surface area (Å²) in [5.74, 6) is 0. The summed E-state index contributed by atoms with van der Waals surface area (Å²) in [6.45, 7) is 0. The fourth-order valence-corrected chi connectivity index (χ4v) is 7.91. The molecule has 9 rings (SSSR count). The lowest BCUT2D eigenvalue weighted by atomic mass is 9.98. The highest BCUT2D eigenvalue weighted by Crippen LogP contribution is 2.45. The second-order valence-electron chi connectivity index (χ2n) is 11.0. The molecule has 2 heteroatoms. The monoisotopic (exact) mass is 551 g/mol. The van der Waals surface area contributed by atoms with Crippen LogP contribution in [0.15, 0.2) is 152 Å². The Kier molecular flexibility index (Phi) is 5.13. The van der Waals surface area contributed by atoms with Gasteiger partial charge in [-0.15, -0.1) is 11.3 Å². The third kappa shape index (κ3) is 3.49. The summed E-state index contributed by atoms with van der Waals surface area (Å²) >= 11 is 1.91. The minimum absolute atomic E-state index is 1.17. The van der Waals surface area contributed by atoms with Gasteiger partial charge in [-0.3, -0.25) is 0 Å². The molecular weight excluding hydrogens is 527 g/mol. The molecule has 2 aromatic heterocycles. The molecule has 0 aliphatic heterocycles. The van der Waals surface area contributed by atoms with E-state index >= 15 is 0 Å². The van der Waals surface area contributed by atoms with Crippen LogP contribution in [0.3, 0.4) is 0 Å². The van der Waals surface area contributed by atoms with Crippen LogP contribution in [-0.2, 0) is 0 Å². The van der Waals surface area contributed by atoms with Gasteiger partial charge in [0.05, 0.1) is 11.0 Å². The van der Waals surface area contributed by atoms with E-state index in [1.54, 1.807) is 0 Å². The molecule has 0 unspecified atom stereocenters. The van der Waals surface area contributed by atoms with Crippen LogP contribution in [0.25, 0.3) is 80.7 Å². The van der Waals surface area contributed by atoms with Crippen LogP contribution in [0.1, 0.15) is 0 Å². The van der Waals surface area contributed by atoms with E-state index in [2.05, 4.69) is 156 Å². The van der Waals surface area contributed by atoms with Gasteiger partial charge in [0.25, 0.3) is 0 Å². The summed E-state index contributed by atoms with van der Waals surface area (Å²) in [4.78, 5) is 0. The lowest BCUT2D eigenvalue weighted by molar-refractivity contribution is 1.18. The van der Waals surface area contributed by atoms with Crippen molar-refractivity contribution in [3.8, 4) is 27.9 Å². The molecule has 9 aromatic rings. The zero-order chi connectivity index (χ0) is 27.6. The number of benzene rings is 7. The zero-order valence-electron chi connectivity index (χ0n) is 22.8. The standard InChI is InChI=1S/C40H25NS/c1-3-11-26(12-4-1)29-23-30(27-13-5-2-6-14-27)25-31(24-29)41-35-18-10-9-17-33(35)38-36(41)21-22-37-39(38)34-20-19-28-15-7-8-16-32(28)40(34)42-37/h1-25H. The Balaban J connectivity index is 1.41. The van der Waals surface area contributed by atoms with E-state index in [9.17, 15) is 0 Å². The molecule has 0 saturated heterocycles. The molecule has 0 saturated carbocycles. The van der Waals surface area contributed by atoms with Crippen LogP contribution in [0.4, 0.5) is 0 Å². The Morgan fingerprint density at radius 2 is 1.05 bits per heavy atom. The van der Waals surface area contributed by atoms with Crippen molar-refractivity contribution in [3.63, 3.8) is 0 Å². The maximum atomic E-state index is 2.47. The molecule has 42 heavy (non-hydrogen) atoms. The van der Waals surface area contributed by atoms with Gasteiger partial charge in [-0.1, -0.05) is 115 Å². The summed E-state index contributed by atoms with van der Waals surface area (Å²) in [6.07, 6.45) is 0. The smallest absolute Gasteiger partial charge is 0.0548 e. The molecule has 1 nitrogen and oxygen atoms in total. The first-order valence-corrected chi connectivity index (χ1v) is 15.2. The maximum Gasteiger partial charge on any atom is 0.0548 e. The van der Waals surface area contributed by atoms with Crippen molar-refractivity contribution in [2.45, 2.75) is 0 Å². The van der Waals surface area contributed by atoms with Crippen LogP contribution in [0.2, 0.25) is 0 Å². The van der Waals surface area contributed by atoms with Crippen molar-refractivity contribution in [2.75, 3.05) is 0 Å². The normalized spacial score (nSPS) is 11.8. The highest BCUT2D eigenvalue weighted by Gasteiger charge is 2.19. The molecule has 0 spiro atoms. The molecule has 0 fully saturated rings. The van der Waals surface area contributed by atoms with Gasteiger partial charge in [0.1, 0.15) is 0 Å². The van der Waals surface area contributed by atoms with Gasteiger partial charge < -0.3 is 4.57 Å². The molecule has 0 aliphatic carbocycles. The van der Waals surface area contributed by atoms with E-state index in [-0.39, 0.29) is 0 Å².